The fourth-order valence-corrected chi connectivity index (χ4v) is 2.28. The monoisotopic (exact) mass is 306 g/mol. The Morgan fingerprint density at radius 2 is 1.87 bits per heavy atom. The number of aromatic nitrogens is 3. The summed E-state index contributed by atoms with van der Waals surface area (Å²) in [6.07, 6.45) is 4.58. The number of aryl methyl sites for hydroxylation is 2. The van der Waals surface area contributed by atoms with Crippen LogP contribution >= 0.6 is 0 Å². The Bertz CT molecular complexity index is 778. The molecule has 1 aromatic carbocycles. The van der Waals surface area contributed by atoms with Gasteiger partial charge in [-0.3, -0.25) is 14.9 Å². The molecule has 0 unspecified atom stereocenters. The van der Waals surface area contributed by atoms with Crippen LogP contribution in [0.3, 0.4) is 0 Å². The van der Waals surface area contributed by atoms with Gasteiger partial charge in [0.1, 0.15) is 0 Å². The summed E-state index contributed by atoms with van der Waals surface area (Å²) in [5.74, 6) is 0.490. The predicted molar refractivity (Wildman–Crippen MR) is 89.9 cm³/mol. The van der Waals surface area contributed by atoms with Crippen molar-refractivity contribution in [1.29, 1.82) is 0 Å². The quantitative estimate of drug-likeness (QED) is 0.759. The maximum absolute atomic E-state index is 12.0. The zero-order valence-electron chi connectivity index (χ0n) is 12.9. The van der Waals surface area contributed by atoms with Crippen molar-refractivity contribution in [2.24, 2.45) is 0 Å². The average molecular weight is 306 g/mol. The predicted octanol–water partition coefficient (Wildman–Crippen LogP) is 3.35. The van der Waals surface area contributed by atoms with Crippen LogP contribution in [-0.4, -0.2) is 21.1 Å². The lowest BCUT2D eigenvalue weighted by molar-refractivity contribution is -0.116. The van der Waals surface area contributed by atoms with E-state index in [1.807, 2.05) is 18.2 Å². The number of rotatable bonds is 5. The van der Waals surface area contributed by atoms with Gasteiger partial charge in [0.25, 0.3) is 0 Å². The molecule has 3 rings (SSSR count). The van der Waals surface area contributed by atoms with E-state index in [1.54, 1.807) is 12.4 Å². The smallest absolute Gasteiger partial charge is 0.225 e. The largest absolute Gasteiger partial charge is 0.309 e. The highest BCUT2D eigenvalue weighted by Crippen LogP contribution is 2.18. The second-order valence-corrected chi connectivity index (χ2v) is 5.44. The molecule has 0 saturated heterocycles. The highest BCUT2D eigenvalue weighted by molar-refractivity contribution is 5.90. The first-order chi connectivity index (χ1) is 11.2. The SMILES string of the molecule is Cc1ccc(CCC(=O)Nc2cc(-c3ccncc3)[nH]n2)cc1. The number of aromatic amines is 1. The highest BCUT2D eigenvalue weighted by Gasteiger charge is 2.07. The van der Waals surface area contributed by atoms with Crippen LogP contribution in [0.2, 0.25) is 0 Å². The Hall–Kier alpha value is -2.95. The van der Waals surface area contributed by atoms with Gasteiger partial charge in [-0.2, -0.15) is 5.10 Å². The summed E-state index contributed by atoms with van der Waals surface area (Å²) < 4.78 is 0. The molecule has 5 nitrogen and oxygen atoms in total. The maximum atomic E-state index is 12.0. The minimum atomic E-state index is -0.0432. The minimum Gasteiger partial charge on any atom is -0.309 e. The van der Waals surface area contributed by atoms with Gasteiger partial charge in [0.2, 0.25) is 5.91 Å². The van der Waals surface area contributed by atoms with Gasteiger partial charge in [0.05, 0.1) is 5.69 Å². The molecule has 3 aromatic rings. The molecule has 0 fully saturated rings. The summed E-state index contributed by atoms with van der Waals surface area (Å²) in [6, 6.07) is 13.8. The number of nitrogens with one attached hydrogen (secondary N) is 2. The first-order valence-corrected chi connectivity index (χ1v) is 7.52. The normalized spacial score (nSPS) is 10.5. The number of carbonyl (C=O) groups is 1. The Morgan fingerprint density at radius 3 is 2.61 bits per heavy atom. The molecule has 1 amide bonds. The van der Waals surface area contributed by atoms with E-state index in [0.717, 1.165) is 16.8 Å². The molecule has 0 spiro atoms. The van der Waals surface area contributed by atoms with Crippen LogP contribution in [0.15, 0.2) is 54.9 Å². The fraction of sp³-hybridized carbons (Fsp3) is 0.167. The molecular formula is C18H18N4O. The maximum Gasteiger partial charge on any atom is 0.225 e. The van der Waals surface area contributed by atoms with Crippen molar-refractivity contribution >= 4 is 11.7 Å². The fourth-order valence-electron chi connectivity index (χ4n) is 2.28. The van der Waals surface area contributed by atoms with Gasteiger partial charge in [-0.1, -0.05) is 29.8 Å². The average Bonchev–Trinajstić information content (AvgIpc) is 3.04. The van der Waals surface area contributed by atoms with E-state index in [2.05, 4.69) is 51.7 Å². The second-order valence-electron chi connectivity index (χ2n) is 5.44. The summed E-state index contributed by atoms with van der Waals surface area (Å²) in [7, 11) is 0. The van der Waals surface area contributed by atoms with Crippen LogP contribution in [0.1, 0.15) is 17.5 Å². The molecule has 2 heterocycles. The molecule has 0 bridgehead atoms. The second kappa shape index (κ2) is 6.87. The topological polar surface area (TPSA) is 70.7 Å². The van der Waals surface area contributed by atoms with Crippen molar-refractivity contribution in [2.75, 3.05) is 5.32 Å². The van der Waals surface area contributed by atoms with Gasteiger partial charge >= 0.3 is 0 Å². The summed E-state index contributed by atoms with van der Waals surface area (Å²) in [4.78, 5) is 16.0. The van der Waals surface area contributed by atoms with E-state index in [4.69, 9.17) is 0 Å². The summed E-state index contributed by atoms with van der Waals surface area (Å²) in [5, 5.41) is 9.85. The van der Waals surface area contributed by atoms with E-state index in [1.165, 1.54) is 5.56 Å². The van der Waals surface area contributed by atoms with E-state index < -0.39 is 0 Å². The molecule has 23 heavy (non-hydrogen) atoms. The Kier molecular flexibility index (Phi) is 4.47. The lowest BCUT2D eigenvalue weighted by Crippen LogP contribution is -2.12. The molecule has 0 saturated carbocycles. The summed E-state index contributed by atoms with van der Waals surface area (Å²) in [5.41, 5.74) is 4.21. The zero-order chi connectivity index (χ0) is 16.1. The van der Waals surface area contributed by atoms with Crippen LogP contribution in [0.4, 0.5) is 5.82 Å². The molecule has 116 valence electrons. The summed E-state index contributed by atoms with van der Waals surface area (Å²) >= 11 is 0. The van der Waals surface area contributed by atoms with Gasteiger partial charge in [0, 0.05) is 30.4 Å². The molecule has 0 aliphatic carbocycles. The lowest BCUT2D eigenvalue weighted by Gasteiger charge is -2.03. The summed E-state index contributed by atoms with van der Waals surface area (Å²) in [6.45, 7) is 2.05. The third-order valence-electron chi connectivity index (χ3n) is 3.60. The van der Waals surface area contributed by atoms with E-state index in [9.17, 15) is 4.79 Å². The van der Waals surface area contributed by atoms with E-state index in [-0.39, 0.29) is 5.91 Å². The molecule has 2 N–H and O–H groups in total. The van der Waals surface area contributed by atoms with Crippen LogP contribution in [-0.2, 0) is 11.2 Å². The Labute approximate surface area is 134 Å². The zero-order valence-corrected chi connectivity index (χ0v) is 12.9. The molecule has 0 aliphatic heterocycles. The number of hydrogen-bond acceptors (Lipinski definition) is 3. The number of anilines is 1. The van der Waals surface area contributed by atoms with Crippen molar-refractivity contribution in [1.82, 2.24) is 15.2 Å². The third kappa shape index (κ3) is 4.03. The third-order valence-corrected chi connectivity index (χ3v) is 3.60. The van der Waals surface area contributed by atoms with Crippen molar-refractivity contribution in [3.8, 4) is 11.3 Å². The molecular weight excluding hydrogens is 288 g/mol. The number of amides is 1. The van der Waals surface area contributed by atoms with Gasteiger partial charge in [-0.15, -0.1) is 0 Å². The van der Waals surface area contributed by atoms with Crippen molar-refractivity contribution in [3.05, 3.63) is 66.0 Å². The van der Waals surface area contributed by atoms with Gasteiger partial charge in [-0.05, 0) is 31.0 Å². The van der Waals surface area contributed by atoms with Crippen molar-refractivity contribution in [3.63, 3.8) is 0 Å². The number of carbonyl (C=O) groups excluding carboxylic acids is 1. The number of nitrogens with zero attached hydrogens (tertiary/aromatic N) is 2. The number of benzene rings is 1. The first kappa shape index (κ1) is 15.0. The van der Waals surface area contributed by atoms with Crippen LogP contribution in [0.5, 0.6) is 0 Å². The van der Waals surface area contributed by atoms with E-state index in [0.29, 0.717) is 18.7 Å². The molecule has 0 radical (unpaired) electrons. The lowest BCUT2D eigenvalue weighted by atomic mass is 10.1. The number of H-pyrrole nitrogens is 1. The van der Waals surface area contributed by atoms with E-state index >= 15 is 0 Å². The minimum absolute atomic E-state index is 0.0432. The van der Waals surface area contributed by atoms with Crippen LogP contribution in [0, 0.1) is 6.92 Å². The van der Waals surface area contributed by atoms with Gasteiger partial charge in [-0.25, -0.2) is 0 Å². The van der Waals surface area contributed by atoms with Crippen molar-refractivity contribution < 1.29 is 4.79 Å². The number of hydrogen-bond donors (Lipinski definition) is 2. The molecule has 0 aliphatic rings. The Balaban J connectivity index is 1.56. The van der Waals surface area contributed by atoms with Gasteiger partial charge in [0.15, 0.2) is 5.82 Å². The molecule has 5 heteroatoms. The van der Waals surface area contributed by atoms with Gasteiger partial charge < -0.3 is 5.32 Å². The van der Waals surface area contributed by atoms with Crippen molar-refractivity contribution in [2.45, 2.75) is 19.8 Å². The van der Waals surface area contributed by atoms with Crippen LogP contribution in [0.25, 0.3) is 11.3 Å². The number of pyridine rings is 1. The Morgan fingerprint density at radius 1 is 1.13 bits per heavy atom. The first-order valence-electron chi connectivity index (χ1n) is 7.52. The molecule has 0 atom stereocenters. The standard InChI is InChI=1S/C18H18N4O/c1-13-2-4-14(5-3-13)6-7-18(23)20-17-12-16(21-22-17)15-8-10-19-11-9-15/h2-5,8-12H,6-7H2,1H3,(H2,20,21,22,23). The molecule has 2 aromatic heterocycles. The highest BCUT2D eigenvalue weighted by atomic mass is 16.1. The van der Waals surface area contributed by atoms with Crippen LogP contribution < -0.4 is 5.32 Å².